The Kier molecular flexibility index (Phi) is 9.20. The third-order valence-corrected chi connectivity index (χ3v) is 5.56. The zero-order chi connectivity index (χ0) is 25.7. The van der Waals surface area contributed by atoms with Crippen LogP contribution in [0.5, 0.6) is 11.5 Å². The number of benzene rings is 4. The maximum absolute atomic E-state index is 12.3. The fourth-order valence-electron chi connectivity index (χ4n) is 3.53. The van der Waals surface area contributed by atoms with Crippen molar-refractivity contribution in [2.24, 2.45) is 0 Å². The summed E-state index contributed by atoms with van der Waals surface area (Å²) in [4.78, 5) is 24.7. The lowest BCUT2D eigenvalue weighted by Crippen LogP contribution is -2.05. The monoisotopic (exact) mass is 488 g/mol. The second kappa shape index (κ2) is 13.4. The molecule has 0 atom stereocenters. The number of carbonyl (C=O) groups excluding carboxylic acids is 2. The Balaban J connectivity index is 1.16. The second-order valence-electron chi connectivity index (χ2n) is 8.32. The smallest absolute Gasteiger partial charge is 0.185 e. The van der Waals surface area contributed by atoms with Crippen molar-refractivity contribution >= 4 is 23.7 Å². The standard InChI is InChI=1S/C33H28O4/c34-32(22-12-26-8-3-1-4-9-26)28-14-18-30(19-15-28)36-24-7-25-37-31-20-16-29(17-21-31)33(35)23-13-27-10-5-2-6-11-27/h1-6,8-23H,7,24-25H2/b22-12+,23-13+. The molecule has 0 saturated carbocycles. The molecule has 0 aliphatic carbocycles. The zero-order valence-electron chi connectivity index (χ0n) is 20.5. The van der Waals surface area contributed by atoms with Crippen LogP contribution in [0.3, 0.4) is 0 Å². The Labute approximate surface area is 217 Å². The van der Waals surface area contributed by atoms with Gasteiger partial charge in [0.15, 0.2) is 11.6 Å². The van der Waals surface area contributed by atoms with Crippen LogP contribution >= 0.6 is 0 Å². The number of ketones is 2. The van der Waals surface area contributed by atoms with E-state index in [1.54, 1.807) is 72.8 Å². The topological polar surface area (TPSA) is 52.6 Å². The Bertz CT molecular complexity index is 1230. The molecule has 0 aliphatic rings. The summed E-state index contributed by atoms with van der Waals surface area (Å²) in [5.41, 5.74) is 3.19. The molecule has 0 saturated heterocycles. The predicted octanol–water partition coefficient (Wildman–Crippen LogP) is 7.33. The highest BCUT2D eigenvalue weighted by Crippen LogP contribution is 2.16. The molecule has 0 aliphatic heterocycles. The van der Waals surface area contributed by atoms with Crippen molar-refractivity contribution in [2.75, 3.05) is 13.2 Å². The first kappa shape index (κ1) is 25.4. The zero-order valence-corrected chi connectivity index (χ0v) is 20.5. The highest BCUT2D eigenvalue weighted by molar-refractivity contribution is 6.07. The van der Waals surface area contributed by atoms with Crippen LogP contribution in [0.4, 0.5) is 0 Å². The maximum atomic E-state index is 12.3. The molecule has 4 aromatic carbocycles. The van der Waals surface area contributed by atoms with Gasteiger partial charge in [-0.3, -0.25) is 9.59 Å². The van der Waals surface area contributed by atoms with Gasteiger partial charge in [0.05, 0.1) is 13.2 Å². The third-order valence-electron chi connectivity index (χ3n) is 5.56. The van der Waals surface area contributed by atoms with Crippen LogP contribution in [0.15, 0.2) is 121 Å². The molecule has 0 amide bonds. The molecular weight excluding hydrogens is 460 g/mol. The summed E-state index contributed by atoms with van der Waals surface area (Å²) >= 11 is 0. The molecule has 0 spiro atoms. The van der Waals surface area contributed by atoms with E-state index in [1.807, 2.05) is 60.7 Å². The summed E-state index contributed by atoms with van der Waals surface area (Å²) in [7, 11) is 0. The first-order valence-electron chi connectivity index (χ1n) is 12.2. The fraction of sp³-hybridized carbons (Fsp3) is 0.0909. The number of carbonyl (C=O) groups is 2. The largest absolute Gasteiger partial charge is 0.493 e. The molecule has 0 fully saturated rings. The van der Waals surface area contributed by atoms with Gasteiger partial charge >= 0.3 is 0 Å². The van der Waals surface area contributed by atoms with Crippen molar-refractivity contribution in [3.63, 3.8) is 0 Å². The van der Waals surface area contributed by atoms with E-state index in [4.69, 9.17) is 9.47 Å². The maximum Gasteiger partial charge on any atom is 0.185 e. The number of rotatable bonds is 12. The summed E-state index contributed by atoms with van der Waals surface area (Å²) in [6.45, 7) is 0.976. The summed E-state index contributed by atoms with van der Waals surface area (Å²) in [5, 5.41) is 0. The minimum Gasteiger partial charge on any atom is -0.493 e. The molecule has 4 heteroatoms. The minimum absolute atomic E-state index is 0.0521. The Morgan fingerprint density at radius 3 is 1.27 bits per heavy atom. The van der Waals surface area contributed by atoms with Gasteiger partial charge in [-0.05, 0) is 71.8 Å². The van der Waals surface area contributed by atoms with Crippen LogP contribution in [0.25, 0.3) is 12.2 Å². The predicted molar refractivity (Wildman–Crippen MR) is 148 cm³/mol. The van der Waals surface area contributed by atoms with Crippen molar-refractivity contribution in [3.05, 3.63) is 144 Å². The van der Waals surface area contributed by atoms with E-state index < -0.39 is 0 Å². The van der Waals surface area contributed by atoms with E-state index in [9.17, 15) is 9.59 Å². The number of hydrogen-bond donors (Lipinski definition) is 0. The molecule has 0 aromatic heterocycles. The number of allylic oxidation sites excluding steroid dienone is 2. The van der Waals surface area contributed by atoms with Crippen LogP contribution in [0.1, 0.15) is 38.3 Å². The molecule has 0 heterocycles. The van der Waals surface area contributed by atoms with Gasteiger partial charge in [-0.15, -0.1) is 0 Å². The third kappa shape index (κ3) is 8.18. The van der Waals surface area contributed by atoms with Gasteiger partial charge in [-0.2, -0.15) is 0 Å². The van der Waals surface area contributed by atoms with Crippen LogP contribution in [0, 0.1) is 0 Å². The van der Waals surface area contributed by atoms with Gasteiger partial charge in [-0.25, -0.2) is 0 Å². The summed E-state index contributed by atoms with van der Waals surface area (Å²) in [5.74, 6) is 1.30. The van der Waals surface area contributed by atoms with Crippen LogP contribution < -0.4 is 9.47 Å². The lowest BCUT2D eigenvalue weighted by molar-refractivity contribution is 0.103. The normalized spacial score (nSPS) is 11.0. The molecule has 0 radical (unpaired) electrons. The lowest BCUT2D eigenvalue weighted by Gasteiger charge is -2.09. The van der Waals surface area contributed by atoms with Crippen molar-refractivity contribution in [3.8, 4) is 11.5 Å². The van der Waals surface area contributed by atoms with Gasteiger partial charge in [0.1, 0.15) is 11.5 Å². The van der Waals surface area contributed by atoms with Crippen LogP contribution in [-0.4, -0.2) is 24.8 Å². The average molecular weight is 489 g/mol. The van der Waals surface area contributed by atoms with Gasteiger partial charge < -0.3 is 9.47 Å². The second-order valence-corrected chi connectivity index (χ2v) is 8.32. The van der Waals surface area contributed by atoms with Crippen LogP contribution in [-0.2, 0) is 0 Å². The number of ether oxygens (including phenoxy) is 2. The molecule has 37 heavy (non-hydrogen) atoms. The Morgan fingerprint density at radius 1 is 0.514 bits per heavy atom. The average Bonchev–Trinajstić information content (AvgIpc) is 2.96. The highest BCUT2D eigenvalue weighted by Gasteiger charge is 2.04. The van der Waals surface area contributed by atoms with E-state index in [2.05, 4.69) is 0 Å². The number of hydrogen-bond acceptors (Lipinski definition) is 4. The summed E-state index contributed by atoms with van der Waals surface area (Å²) in [6.07, 6.45) is 7.46. The Morgan fingerprint density at radius 2 is 0.892 bits per heavy atom. The van der Waals surface area contributed by atoms with E-state index >= 15 is 0 Å². The van der Waals surface area contributed by atoms with Gasteiger partial charge in [0.25, 0.3) is 0 Å². The van der Waals surface area contributed by atoms with E-state index in [0.29, 0.717) is 42.3 Å². The van der Waals surface area contributed by atoms with Crippen LogP contribution in [0.2, 0.25) is 0 Å². The lowest BCUT2D eigenvalue weighted by atomic mass is 10.1. The molecule has 4 nitrogen and oxygen atoms in total. The van der Waals surface area contributed by atoms with Crippen molar-refractivity contribution in [2.45, 2.75) is 6.42 Å². The molecule has 184 valence electrons. The first-order chi connectivity index (χ1) is 18.2. The van der Waals surface area contributed by atoms with Crippen molar-refractivity contribution < 1.29 is 19.1 Å². The molecular formula is C33H28O4. The molecule has 4 rings (SSSR count). The minimum atomic E-state index is -0.0521. The fourth-order valence-corrected chi connectivity index (χ4v) is 3.53. The van der Waals surface area contributed by atoms with Crippen molar-refractivity contribution in [1.29, 1.82) is 0 Å². The van der Waals surface area contributed by atoms with Gasteiger partial charge in [0, 0.05) is 17.5 Å². The van der Waals surface area contributed by atoms with Crippen molar-refractivity contribution in [1.82, 2.24) is 0 Å². The molecule has 0 N–H and O–H groups in total. The van der Waals surface area contributed by atoms with E-state index in [1.165, 1.54) is 0 Å². The van der Waals surface area contributed by atoms with Gasteiger partial charge in [0.2, 0.25) is 0 Å². The van der Waals surface area contributed by atoms with E-state index in [0.717, 1.165) is 11.1 Å². The first-order valence-corrected chi connectivity index (χ1v) is 12.2. The van der Waals surface area contributed by atoms with Gasteiger partial charge in [-0.1, -0.05) is 72.8 Å². The molecule has 0 bridgehead atoms. The van der Waals surface area contributed by atoms with E-state index in [-0.39, 0.29) is 11.6 Å². The highest BCUT2D eigenvalue weighted by atomic mass is 16.5. The quantitative estimate of drug-likeness (QED) is 0.119. The molecule has 4 aromatic rings. The SMILES string of the molecule is O=C(/C=C/c1ccccc1)c1ccc(OCCCOc2ccc(C(=O)/C=C/c3ccccc3)cc2)cc1. The Hall–Kier alpha value is -4.70. The summed E-state index contributed by atoms with van der Waals surface area (Å²) in [6, 6.07) is 33.7. The molecule has 0 unspecified atom stereocenters. The summed E-state index contributed by atoms with van der Waals surface area (Å²) < 4.78 is 11.5.